The topological polar surface area (TPSA) is 64.7 Å². The van der Waals surface area contributed by atoms with Gasteiger partial charge in [0.1, 0.15) is 0 Å². The van der Waals surface area contributed by atoms with Gasteiger partial charge in [0.15, 0.2) is 0 Å². The fraction of sp³-hybridized carbons (Fsp3) is 0.700. The number of thiophene rings is 1. The van der Waals surface area contributed by atoms with Crippen molar-refractivity contribution in [1.29, 1.82) is 0 Å². The van der Waals surface area contributed by atoms with Crippen LogP contribution >= 0.6 is 11.3 Å². The quantitative estimate of drug-likeness (QED) is 0.752. The van der Waals surface area contributed by atoms with Crippen LogP contribution in [0.25, 0.3) is 0 Å². The van der Waals surface area contributed by atoms with Crippen molar-refractivity contribution in [2.45, 2.75) is 57.2 Å². The van der Waals surface area contributed by atoms with Crippen molar-refractivity contribution in [3.8, 4) is 0 Å². The summed E-state index contributed by atoms with van der Waals surface area (Å²) in [7, 11) is 2.14. The fourth-order valence-electron chi connectivity index (χ4n) is 4.15. The lowest BCUT2D eigenvalue weighted by Gasteiger charge is -2.40. The Balaban J connectivity index is 1.60. The lowest BCUT2D eigenvalue weighted by molar-refractivity contribution is -0.140. The van der Waals surface area contributed by atoms with E-state index in [4.69, 9.17) is 0 Å². The lowest BCUT2D eigenvalue weighted by atomic mass is 9.95. The Bertz CT molecular complexity index is 608. The highest BCUT2D eigenvalue weighted by molar-refractivity contribution is 7.10. The van der Waals surface area contributed by atoms with E-state index in [0.29, 0.717) is 0 Å². The molecule has 1 saturated heterocycles. The Labute approximate surface area is 166 Å². The number of rotatable bonds is 5. The van der Waals surface area contributed by atoms with Crippen molar-refractivity contribution < 1.29 is 9.59 Å². The van der Waals surface area contributed by atoms with Gasteiger partial charge >= 0.3 is 11.8 Å². The molecule has 27 heavy (non-hydrogen) atoms. The van der Waals surface area contributed by atoms with Crippen LogP contribution in [0.15, 0.2) is 17.5 Å². The predicted octanol–water partition coefficient (Wildman–Crippen LogP) is 1.99. The maximum Gasteiger partial charge on any atom is 0.309 e. The van der Waals surface area contributed by atoms with Crippen LogP contribution in [-0.2, 0) is 9.59 Å². The van der Waals surface area contributed by atoms with Gasteiger partial charge in [0.25, 0.3) is 0 Å². The van der Waals surface area contributed by atoms with Crippen LogP contribution in [0.3, 0.4) is 0 Å². The van der Waals surface area contributed by atoms with Gasteiger partial charge in [0.2, 0.25) is 0 Å². The molecule has 1 aromatic rings. The molecule has 150 valence electrons. The Hall–Kier alpha value is -1.44. The second-order valence-electron chi connectivity index (χ2n) is 7.87. The molecule has 2 fully saturated rings. The minimum Gasteiger partial charge on any atom is -0.345 e. The molecule has 0 aromatic carbocycles. The smallest absolute Gasteiger partial charge is 0.309 e. The van der Waals surface area contributed by atoms with Crippen molar-refractivity contribution in [2.75, 3.05) is 33.2 Å². The van der Waals surface area contributed by atoms with Crippen molar-refractivity contribution in [1.82, 2.24) is 20.4 Å². The highest BCUT2D eigenvalue weighted by Crippen LogP contribution is 2.29. The number of carbonyl (C=O) groups is 2. The minimum absolute atomic E-state index is 0.102. The van der Waals surface area contributed by atoms with Crippen LogP contribution in [0.1, 0.15) is 49.9 Å². The van der Waals surface area contributed by atoms with Crippen LogP contribution in [0.4, 0.5) is 0 Å². The maximum atomic E-state index is 12.5. The molecule has 0 radical (unpaired) electrons. The first-order chi connectivity index (χ1) is 13.0. The molecular weight excluding hydrogens is 360 g/mol. The second kappa shape index (κ2) is 9.66. The first-order valence-electron chi connectivity index (χ1n) is 10.1. The summed E-state index contributed by atoms with van der Waals surface area (Å²) in [5, 5.41) is 7.95. The van der Waals surface area contributed by atoms with E-state index < -0.39 is 11.8 Å². The second-order valence-corrected chi connectivity index (χ2v) is 8.85. The highest BCUT2D eigenvalue weighted by Gasteiger charge is 2.31. The number of piperazine rings is 1. The summed E-state index contributed by atoms with van der Waals surface area (Å²) in [6, 6.07) is 4.30. The number of amides is 2. The molecule has 2 amide bonds. The van der Waals surface area contributed by atoms with Crippen molar-refractivity contribution >= 4 is 23.2 Å². The van der Waals surface area contributed by atoms with E-state index in [1.54, 1.807) is 11.3 Å². The van der Waals surface area contributed by atoms with Crippen LogP contribution in [0.5, 0.6) is 0 Å². The van der Waals surface area contributed by atoms with Crippen LogP contribution < -0.4 is 10.6 Å². The molecule has 1 aliphatic heterocycles. The third-order valence-corrected chi connectivity index (χ3v) is 6.69. The maximum absolute atomic E-state index is 12.5. The number of carbonyl (C=O) groups excluding carboxylic acids is 2. The van der Waals surface area contributed by atoms with Crippen molar-refractivity contribution in [3.63, 3.8) is 0 Å². The molecule has 2 heterocycles. The Morgan fingerprint density at radius 3 is 2.44 bits per heavy atom. The van der Waals surface area contributed by atoms with Gasteiger partial charge < -0.3 is 15.5 Å². The summed E-state index contributed by atoms with van der Waals surface area (Å²) >= 11 is 1.71. The zero-order valence-corrected chi connectivity index (χ0v) is 17.3. The van der Waals surface area contributed by atoms with E-state index >= 15 is 0 Å². The van der Waals surface area contributed by atoms with Crippen molar-refractivity contribution in [2.24, 2.45) is 0 Å². The first-order valence-corrected chi connectivity index (χ1v) is 11.0. The number of likely N-dealkylation sites (N-methyl/N-ethyl adjacent to an activating group) is 1. The summed E-state index contributed by atoms with van der Waals surface area (Å²) in [5.41, 5.74) is 0. The zero-order chi connectivity index (χ0) is 19.2. The summed E-state index contributed by atoms with van der Waals surface area (Å²) in [4.78, 5) is 30.8. The van der Waals surface area contributed by atoms with E-state index in [2.05, 4.69) is 38.9 Å². The Morgan fingerprint density at radius 2 is 1.81 bits per heavy atom. The average Bonchev–Trinajstić information content (AvgIpc) is 3.18. The molecule has 2 atom stereocenters. The molecule has 6 nitrogen and oxygen atoms in total. The number of nitrogens with zero attached hydrogens (tertiary/aromatic N) is 2. The molecule has 2 N–H and O–H groups in total. The molecule has 1 aliphatic carbocycles. The SMILES string of the molecule is C[C@@H](NC(=O)C(=O)NC1CCCCC1)[C@H](c1cccs1)N1CCN(C)CC1. The molecule has 7 heteroatoms. The largest absolute Gasteiger partial charge is 0.345 e. The van der Waals surface area contributed by atoms with Gasteiger partial charge in [-0.05, 0) is 38.3 Å². The third kappa shape index (κ3) is 5.53. The average molecular weight is 393 g/mol. The lowest BCUT2D eigenvalue weighted by Crippen LogP contribution is -2.53. The number of nitrogens with one attached hydrogen (secondary N) is 2. The molecule has 1 saturated carbocycles. The van der Waals surface area contributed by atoms with Gasteiger partial charge in [0.05, 0.1) is 6.04 Å². The van der Waals surface area contributed by atoms with E-state index in [1.165, 1.54) is 11.3 Å². The summed E-state index contributed by atoms with van der Waals surface area (Å²) < 4.78 is 0. The van der Waals surface area contributed by atoms with Gasteiger partial charge in [-0.3, -0.25) is 14.5 Å². The molecule has 2 aliphatic rings. The molecule has 3 rings (SSSR count). The molecule has 1 aromatic heterocycles. The summed E-state index contributed by atoms with van der Waals surface area (Å²) in [5.74, 6) is -0.999. The molecule has 0 bridgehead atoms. The van der Waals surface area contributed by atoms with Crippen LogP contribution in [-0.4, -0.2) is 66.9 Å². The number of hydrogen-bond acceptors (Lipinski definition) is 5. The normalized spacial score (nSPS) is 22.1. The third-order valence-electron chi connectivity index (χ3n) is 5.74. The Morgan fingerprint density at radius 1 is 1.11 bits per heavy atom. The summed E-state index contributed by atoms with van der Waals surface area (Å²) in [6.45, 7) is 5.98. The first kappa shape index (κ1) is 20.3. The molecule has 0 unspecified atom stereocenters. The molecule has 0 spiro atoms. The standard InChI is InChI=1S/C20H32N4O2S/c1-15(21-19(25)20(26)22-16-7-4-3-5-8-16)18(17-9-6-14-27-17)24-12-10-23(2)11-13-24/h6,9,14-16,18H,3-5,7-8,10-13H2,1-2H3,(H,21,25)(H,22,26)/t15-,18-/m1/s1. The van der Waals surface area contributed by atoms with E-state index in [9.17, 15) is 9.59 Å². The predicted molar refractivity (Wildman–Crippen MR) is 109 cm³/mol. The number of hydrogen-bond donors (Lipinski definition) is 2. The zero-order valence-electron chi connectivity index (χ0n) is 16.4. The Kier molecular flexibility index (Phi) is 7.26. The fourth-order valence-corrected chi connectivity index (χ4v) is 5.12. The van der Waals surface area contributed by atoms with Crippen LogP contribution in [0.2, 0.25) is 0 Å². The molecular formula is C20H32N4O2S. The minimum atomic E-state index is -0.510. The van der Waals surface area contributed by atoms with Gasteiger partial charge in [-0.1, -0.05) is 25.3 Å². The van der Waals surface area contributed by atoms with E-state index in [0.717, 1.165) is 51.9 Å². The highest BCUT2D eigenvalue weighted by atomic mass is 32.1. The van der Waals surface area contributed by atoms with Gasteiger partial charge in [0, 0.05) is 43.1 Å². The van der Waals surface area contributed by atoms with E-state index in [1.807, 2.05) is 13.0 Å². The van der Waals surface area contributed by atoms with Gasteiger partial charge in [-0.25, -0.2) is 0 Å². The van der Waals surface area contributed by atoms with Crippen molar-refractivity contribution in [3.05, 3.63) is 22.4 Å². The van der Waals surface area contributed by atoms with Crippen LogP contribution in [0, 0.1) is 0 Å². The monoisotopic (exact) mass is 392 g/mol. The van der Waals surface area contributed by atoms with Gasteiger partial charge in [-0.2, -0.15) is 0 Å². The summed E-state index contributed by atoms with van der Waals surface area (Å²) in [6.07, 6.45) is 5.45. The van der Waals surface area contributed by atoms with Gasteiger partial charge in [-0.15, -0.1) is 11.3 Å². The van der Waals surface area contributed by atoms with E-state index in [-0.39, 0.29) is 18.1 Å².